The summed E-state index contributed by atoms with van der Waals surface area (Å²) in [6.45, 7) is 9.91. The molecule has 4 heteroatoms. The van der Waals surface area contributed by atoms with Crippen molar-refractivity contribution in [2.24, 2.45) is 11.8 Å². The van der Waals surface area contributed by atoms with E-state index in [4.69, 9.17) is 9.47 Å². The molecule has 0 aromatic carbocycles. The number of esters is 2. The van der Waals surface area contributed by atoms with E-state index in [9.17, 15) is 9.59 Å². The smallest absolute Gasteiger partial charge is 0.306 e. The van der Waals surface area contributed by atoms with Gasteiger partial charge in [0.05, 0.1) is 13.2 Å². The Labute approximate surface area is 199 Å². The highest BCUT2D eigenvalue weighted by Crippen LogP contribution is 2.18. The minimum atomic E-state index is -0.0230. The zero-order chi connectivity index (χ0) is 23.9. The molecule has 0 aliphatic rings. The average Bonchev–Trinajstić information content (AvgIpc) is 2.80. The third-order valence-electron chi connectivity index (χ3n) is 6.56. The van der Waals surface area contributed by atoms with Crippen LogP contribution in [0.15, 0.2) is 0 Å². The van der Waals surface area contributed by atoms with Gasteiger partial charge in [0.15, 0.2) is 0 Å². The Balaban J connectivity index is 3.48. The van der Waals surface area contributed by atoms with Crippen LogP contribution >= 0.6 is 0 Å². The number of unbranched alkanes of at least 4 members (excludes halogenated alkanes) is 9. The summed E-state index contributed by atoms with van der Waals surface area (Å²) in [5.74, 6) is 0.979. The molecular weight excluding hydrogens is 400 g/mol. The molecule has 0 amide bonds. The summed E-state index contributed by atoms with van der Waals surface area (Å²) in [6, 6.07) is 0. The van der Waals surface area contributed by atoms with Gasteiger partial charge < -0.3 is 9.47 Å². The van der Waals surface area contributed by atoms with Crippen molar-refractivity contribution >= 4 is 11.9 Å². The van der Waals surface area contributed by atoms with Crippen molar-refractivity contribution in [3.05, 3.63) is 0 Å². The first kappa shape index (κ1) is 30.9. The minimum Gasteiger partial charge on any atom is -0.466 e. The lowest BCUT2D eigenvalue weighted by atomic mass is 9.96. The highest BCUT2D eigenvalue weighted by atomic mass is 16.5. The van der Waals surface area contributed by atoms with Crippen molar-refractivity contribution in [1.82, 2.24) is 0 Å². The van der Waals surface area contributed by atoms with Crippen LogP contribution in [0.2, 0.25) is 0 Å². The number of hydrogen-bond donors (Lipinski definition) is 0. The van der Waals surface area contributed by atoms with Gasteiger partial charge in [-0.1, -0.05) is 105 Å². The Bertz CT molecular complexity index is 435. The molecule has 0 radical (unpaired) electrons. The summed E-state index contributed by atoms with van der Waals surface area (Å²) < 4.78 is 10.9. The van der Waals surface area contributed by atoms with E-state index >= 15 is 0 Å². The molecule has 0 fully saturated rings. The predicted octanol–water partition coefficient (Wildman–Crippen LogP) is 8.41. The van der Waals surface area contributed by atoms with E-state index in [1.165, 1.54) is 57.8 Å². The van der Waals surface area contributed by atoms with E-state index in [1.807, 2.05) is 0 Å². The quantitative estimate of drug-likeness (QED) is 0.115. The normalized spacial score (nSPS) is 13.0. The lowest BCUT2D eigenvalue weighted by molar-refractivity contribution is -0.146. The molecule has 0 heterocycles. The fourth-order valence-corrected chi connectivity index (χ4v) is 4.04. The maximum atomic E-state index is 11.9. The molecule has 0 saturated carbocycles. The van der Waals surface area contributed by atoms with Gasteiger partial charge in [0.1, 0.15) is 0 Å². The summed E-state index contributed by atoms with van der Waals surface area (Å²) in [5.41, 5.74) is 0. The number of ether oxygens (including phenoxy) is 2. The Morgan fingerprint density at radius 2 is 1.12 bits per heavy atom. The van der Waals surface area contributed by atoms with Crippen molar-refractivity contribution in [3.8, 4) is 0 Å². The van der Waals surface area contributed by atoms with Crippen LogP contribution in [0.1, 0.15) is 143 Å². The number of carbonyl (C=O) groups is 2. The second kappa shape index (κ2) is 23.1. The molecule has 0 bridgehead atoms. The number of rotatable bonds is 23. The molecule has 0 aromatic heterocycles. The van der Waals surface area contributed by atoms with Gasteiger partial charge in [0.25, 0.3) is 0 Å². The molecule has 0 spiro atoms. The van der Waals surface area contributed by atoms with Crippen LogP contribution in [0.4, 0.5) is 0 Å². The molecule has 32 heavy (non-hydrogen) atoms. The van der Waals surface area contributed by atoms with Crippen LogP contribution in [-0.2, 0) is 19.1 Å². The highest BCUT2D eigenvalue weighted by molar-refractivity contribution is 5.69. The second-order valence-electron chi connectivity index (χ2n) is 9.52. The van der Waals surface area contributed by atoms with Crippen molar-refractivity contribution in [2.75, 3.05) is 13.2 Å². The van der Waals surface area contributed by atoms with Crippen LogP contribution in [0, 0.1) is 11.8 Å². The van der Waals surface area contributed by atoms with Crippen LogP contribution < -0.4 is 0 Å². The van der Waals surface area contributed by atoms with Crippen LogP contribution in [0.3, 0.4) is 0 Å². The fourth-order valence-electron chi connectivity index (χ4n) is 4.04. The number of hydrogen-bond acceptors (Lipinski definition) is 4. The molecule has 0 aromatic rings. The third kappa shape index (κ3) is 19.6. The van der Waals surface area contributed by atoms with Gasteiger partial charge in [-0.15, -0.1) is 0 Å². The molecule has 0 aliphatic carbocycles. The van der Waals surface area contributed by atoms with Crippen LogP contribution in [0.25, 0.3) is 0 Å². The summed E-state index contributed by atoms with van der Waals surface area (Å²) >= 11 is 0. The predicted molar refractivity (Wildman–Crippen MR) is 135 cm³/mol. The van der Waals surface area contributed by atoms with Crippen LogP contribution in [-0.4, -0.2) is 25.2 Å². The molecular formula is C28H54O4. The highest BCUT2D eigenvalue weighted by Gasteiger charge is 2.13. The maximum Gasteiger partial charge on any atom is 0.306 e. The van der Waals surface area contributed by atoms with E-state index in [0.29, 0.717) is 37.9 Å². The molecule has 2 unspecified atom stereocenters. The minimum absolute atomic E-state index is 0.0161. The third-order valence-corrected chi connectivity index (χ3v) is 6.56. The van der Waals surface area contributed by atoms with E-state index in [0.717, 1.165) is 44.9 Å². The molecule has 0 aliphatic heterocycles. The Morgan fingerprint density at radius 3 is 1.69 bits per heavy atom. The maximum absolute atomic E-state index is 11.9. The monoisotopic (exact) mass is 454 g/mol. The first-order valence-electron chi connectivity index (χ1n) is 13.9. The van der Waals surface area contributed by atoms with Crippen molar-refractivity contribution in [1.29, 1.82) is 0 Å². The summed E-state index contributed by atoms with van der Waals surface area (Å²) in [4.78, 5) is 23.8. The lowest BCUT2D eigenvalue weighted by Crippen LogP contribution is -2.13. The van der Waals surface area contributed by atoms with Crippen molar-refractivity contribution in [2.45, 2.75) is 143 Å². The van der Waals surface area contributed by atoms with E-state index in [1.54, 1.807) is 0 Å². The summed E-state index contributed by atoms with van der Waals surface area (Å²) in [7, 11) is 0. The fraction of sp³-hybridized carbons (Fsp3) is 0.929. The molecule has 0 saturated heterocycles. The van der Waals surface area contributed by atoms with Gasteiger partial charge in [-0.05, 0) is 37.5 Å². The van der Waals surface area contributed by atoms with Gasteiger partial charge >= 0.3 is 11.9 Å². The molecule has 0 rings (SSSR count). The van der Waals surface area contributed by atoms with Gasteiger partial charge in [-0.3, -0.25) is 9.59 Å². The largest absolute Gasteiger partial charge is 0.466 e. The second-order valence-corrected chi connectivity index (χ2v) is 9.52. The Hall–Kier alpha value is -1.06. The summed E-state index contributed by atoms with van der Waals surface area (Å²) in [5, 5.41) is 0. The van der Waals surface area contributed by atoms with E-state index in [-0.39, 0.29) is 11.9 Å². The number of carbonyl (C=O) groups excluding carboxylic acids is 2. The zero-order valence-electron chi connectivity index (χ0n) is 21.9. The SMILES string of the molecule is CCCCC(CC)COC(=O)CCCCCCCCCCOC(=O)CC(CC)CCCC. The van der Waals surface area contributed by atoms with Gasteiger partial charge in [0.2, 0.25) is 0 Å². The van der Waals surface area contributed by atoms with Crippen molar-refractivity contribution < 1.29 is 19.1 Å². The molecule has 190 valence electrons. The Kier molecular flexibility index (Phi) is 22.3. The first-order chi connectivity index (χ1) is 15.6. The standard InChI is InChI=1S/C28H54O4/c1-5-9-19-25(7-3)23-28(30)31-22-18-16-14-12-11-13-15-17-21-27(29)32-24-26(8-4)20-10-6-2/h25-26H,5-24H2,1-4H3. The Morgan fingerprint density at radius 1 is 0.594 bits per heavy atom. The van der Waals surface area contributed by atoms with Gasteiger partial charge in [-0.2, -0.15) is 0 Å². The molecule has 0 N–H and O–H groups in total. The average molecular weight is 455 g/mol. The van der Waals surface area contributed by atoms with Crippen molar-refractivity contribution in [3.63, 3.8) is 0 Å². The van der Waals surface area contributed by atoms with Gasteiger partial charge in [0, 0.05) is 12.8 Å². The lowest BCUT2D eigenvalue weighted by Gasteiger charge is -2.14. The van der Waals surface area contributed by atoms with Gasteiger partial charge in [-0.25, -0.2) is 0 Å². The topological polar surface area (TPSA) is 52.6 Å². The molecule has 4 nitrogen and oxygen atoms in total. The van der Waals surface area contributed by atoms with E-state index < -0.39 is 0 Å². The van der Waals surface area contributed by atoms with Crippen LogP contribution in [0.5, 0.6) is 0 Å². The molecule has 2 atom stereocenters. The van der Waals surface area contributed by atoms with E-state index in [2.05, 4.69) is 27.7 Å². The first-order valence-corrected chi connectivity index (χ1v) is 13.9. The zero-order valence-corrected chi connectivity index (χ0v) is 21.9. The summed E-state index contributed by atoms with van der Waals surface area (Å²) in [6.07, 6.45) is 19.4.